The fourth-order valence-electron chi connectivity index (χ4n) is 4.72. The van der Waals surface area contributed by atoms with Gasteiger partial charge in [-0.05, 0) is 91.2 Å². The van der Waals surface area contributed by atoms with Gasteiger partial charge in [-0.25, -0.2) is 9.97 Å². The number of nitrogens with zero attached hydrogens (tertiary/aromatic N) is 4. The van der Waals surface area contributed by atoms with Crippen LogP contribution in [0.25, 0.3) is 33.3 Å². The van der Waals surface area contributed by atoms with Crippen LogP contribution in [0.4, 0.5) is 0 Å². The second-order valence-corrected chi connectivity index (χ2v) is 10.9. The van der Waals surface area contributed by atoms with Crippen LogP contribution in [0, 0.1) is 6.92 Å². The minimum absolute atomic E-state index is 0.214. The molecule has 0 aliphatic heterocycles. The fourth-order valence-corrected chi connectivity index (χ4v) is 5.49. The maximum atomic E-state index is 13.7. The van der Waals surface area contributed by atoms with Gasteiger partial charge in [-0.15, -0.1) is 0 Å². The zero-order valence-electron chi connectivity index (χ0n) is 23.2. The van der Waals surface area contributed by atoms with Crippen LogP contribution in [0.2, 0.25) is 0 Å². The number of aromatic nitrogens is 4. The van der Waals surface area contributed by atoms with Crippen LogP contribution in [-0.2, 0) is 0 Å². The Hall–Kier alpha value is -4.63. The van der Waals surface area contributed by atoms with Crippen LogP contribution < -0.4 is 10.3 Å². The molecule has 1 N–H and O–H groups in total. The van der Waals surface area contributed by atoms with Gasteiger partial charge < -0.3 is 14.1 Å². The summed E-state index contributed by atoms with van der Waals surface area (Å²) >= 11 is 1.38. The number of hydrogen-bond donors (Lipinski definition) is 1. The van der Waals surface area contributed by atoms with Crippen molar-refractivity contribution in [2.24, 2.45) is 5.10 Å². The molecule has 0 spiro atoms. The molecule has 0 aliphatic rings. The Kier molecular flexibility index (Phi) is 7.19. The van der Waals surface area contributed by atoms with Crippen molar-refractivity contribution in [3.63, 3.8) is 0 Å². The molecule has 8 nitrogen and oxygen atoms in total. The normalized spacial score (nSPS) is 11.8. The topological polar surface area (TPSA) is 98.3 Å². The first-order valence-corrected chi connectivity index (χ1v) is 14.3. The number of furan rings is 1. The average molecular weight is 564 g/mol. The summed E-state index contributed by atoms with van der Waals surface area (Å²) in [6.07, 6.45) is 1.54. The van der Waals surface area contributed by atoms with Gasteiger partial charge in [0.2, 0.25) is 0 Å². The molecule has 206 valence electrons. The number of rotatable bonds is 8. The summed E-state index contributed by atoms with van der Waals surface area (Å²) < 4.78 is 13.3. The maximum Gasteiger partial charge on any atom is 0.282 e. The number of nitrogens with one attached hydrogen (secondary N) is 1. The molecular weight excluding hydrogens is 534 g/mol. The Morgan fingerprint density at radius 1 is 1.05 bits per heavy atom. The van der Waals surface area contributed by atoms with Crippen molar-refractivity contribution in [1.82, 2.24) is 19.6 Å². The summed E-state index contributed by atoms with van der Waals surface area (Å²) in [4.78, 5) is 26.5. The predicted octanol–water partition coefficient (Wildman–Crippen LogP) is 7.40. The van der Waals surface area contributed by atoms with Gasteiger partial charge in [0.25, 0.3) is 5.56 Å². The molecule has 0 radical (unpaired) electrons. The van der Waals surface area contributed by atoms with Crippen LogP contribution in [0.15, 0.2) is 97.4 Å². The number of benzene rings is 3. The minimum atomic E-state index is -0.260. The second kappa shape index (κ2) is 11.1. The van der Waals surface area contributed by atoms with Crippen LogP contribution >= 0.6 is 11.8 Å². The molecule has 41 heavy (non-hydrogen) atoms. The van der Waals surface area contributed by atoms with Gasteiger partial charge in [-0.2, -0.15) is 9.78 Å². The quantitative estimate of drug-likeness (QED) is 0.194. The van der Waals surface area contributed by atoms with Gasteiger partial charge in [0, 0.05) is 5.56 Å². The first-order valence-electron chi connectivity index (χ1n) is 13.5. The first kappa shape index (κ1) is 26.6. The highest BCUT2D eigenvalue weighted by Gasteiger charge is 2.19. The highest BCUT2D eigenvalue weighted by Crippen LogP contribution is 2.34. The van der Waals surface area contributed by atoms with Gasteiger partial charge in [-0.1, -0.05) is 38.1 Å². The van der Waals surface area contributed by atoms with E-state index in [1.165, 1.54) is 22.7 Å². The van der Waals surface area contributed by atoms with Crippen molar-refractivity contribution in [3.8, 4) is 17.1 Å². The van der Waals surface area contributed by atoms with Crippen LogP contribution in [0.1, 0.15) is 43.6 Å². The molecule has 0 atom stereocenters. The number of H-pyrrole nitrogens is 1. The Morgan fingerprint density at radius 2 is 1.83 bits per heavy atom. The Bertz CT molecular complexity index is 1940. The van der Waals surface area contributed by atoms with Crippen molar-refractivity contribution in [2.45, 2.75) is 43.9 Å². The lowest BCUT2D eigenvalue weighted by molar-refractivity contribution is 0.335. The zero-order valence-corrected chi connectivity index (χ0v) is 24.0. The van der Waals surface area contributed by atoms with E-state index in [0.717, 1.165) is 38.6 Å². The molecular formula is C32H29N5O3S. The molecule has 0 fully saturated rings. The van der Waals surface area contributed by atoms with Crippen LogP contribution in [-0.4, -0.2) is 32.4 Å². The molecule has 9 heteroatoms. The third-order valence-electron chi connectivity index (χ3n) is 6.74. The van der Waals surface area contributed by atoms with Gasteiger partial charge in [-0.3, -0.25) is 4.79 Å². The summed E-state index contributed by atoms with van der Waals surface area (Å²) in [5.74, 6) is 2.01. The average Bonchev–Trinajstić information content (AvgIpc) is 3.59. The van der Waals surface area contributed by atoms with E-state index in [4.69, 9.17) is 14.1 Å². The molecule has 0 saturated carbocycles. The number of imidazole rings is 1. The maximum absolute atomic E-state index is 13.7. The van der Waals surface area contributed by atoms with Crippen LogP contribution in [0.3, 0.4) is 0 Å². The van der Waals surface area contributed by atoms with E-state index in [2.05, 4.69) is 35.0 Å². The van der Waals surface area contributed by atoms with E-state index >= 15 is 0 Å². The van der Waals surface area contributed by atoms with E-state index < -0.39 is 0 Å². The molecule has 0 aliphatic carbocycles. The fraction of sp³-hybridized carbons (Fsp3) is 0.188. The van der Waals surface area contributed by atoms with E-state index in [9.17, 15) is 4.79 Å². The lowest BCUT2D eigenvalue weighted by atomic mass is 9.96. The van der Waals surface area contributed by atoms with Crippen molar-refractivity contribution in [1.29, 1.82) is 0 Å². The zero-order chi connectivity index (χ0) is 28.5. The minimum Gasteiger partial charge on any atom is -0.494 e. The van der Waals surface area contributed by atoms with Crippen LogP contribution in [0.5, 0.6) is 5.75 Å². The molecule has 3 heterocycles. The smallest absolute Gasteiger partial charge is 0.282 e. The Labute approximate surface area is 241 Å². The third kappa shape index (κ3) is 5.28. The number of para-hydroxylation sites is 3. The van der Waals surface area contributed by atoms with E-state index in [0.29, 0.717) is 34.2 Å². The van der Waals surface area contributed by atoms with Gasteiger partial charge in [0.15, 0.2) is 16.1 Å². The molecule has 0 amide bonds. The Morgan fingerprint density at radius 3 is 2.61 bits per heavy atom. The monoisotopic (exact) mass is 563 g/mol. The summed E-state index contributed by atoms with van der Waals surface area (Å²) in [5.41, 5.74) is 5.01. The van der Waals surface area contributed by atoms with Crippen molar-refractivity contribution in [3.05, 3.63) is 100 Å². The van der Waals surface area contributed by atoms with Gasteiger partial charge in [0.1, 0.15) is 11.5 Å². The van der Waals surface area contributed by atoms with Gasteiger partial charge >= 0.3 is 0 Å². The number of aryl methyl sites for hydroxylation is 1. The van der Waals surface area contributed by atoms with E-state index in [-0.39, 0.29) is 11.5 Å². The SMILES string of the molecule is CCOc1cc(C)c(-c2nc3ccccc3c(=O)n2N=Cc2ccc(Sc3nc4ccccc4[nH]3)o2)cc1C(C)C. The molecule has 6 rings (SSSR count). The molecule has 6 aromatic rings. The highest BCUT2D eigenvalue weighted by molar-refractivity contribution is 7.99. The third-order valence-corrected chi connectivity index (χ3v) is 7.55. The molecule has 0 bridgehead atoms. The number of hydrogen-bond acceptors (Lipinski definition) is 7. The second-order valence-electron chi connectivity index (χ2n) is 9.92. The van der Waals surface area contributed by atoms with E-state index in [1.54, 1.807) is 6.07 Å². The number of fused-ring (bicyclic) bond motifs is 2. The van der Waals surface area contributed by atoms with Crippen molar-refractivity contribution < 1.29 is 9.15 Å². The standard InChI is InChI=1S/C32H29N5O3S/c1-5-39-28-16-20(4)24(17-23(28)19(2)3)30-34-25-11-7-6-10-22(25)31(38)37(30)33-18-21-14-15-29(40-21)41-32-35-26-12-8-9-13-27(26)36-32/h6-19H,5H2,1-4H3,(H,35,36). The number of aromatic amines is 1. The lowest BCUT2D eigenvalue weighted by Crippen LogP contribution is -2.20. The largest absolute Gasteiger partial charge is 0.494 e. The van der Waals surface area contributed by atoms with E-state index in [1.807, 2.05) is 74.5 Å². The highest BCUT2D eigenvalue weighted by atomic mass is 32.2. The molecule has 0 unspecified atom stereocenters. The van der Waals surface area contributed by atoms with Crippen molar-refractivity contribution >= 4 is 39.9 Å². The summed E-state index contributed by atoms with van der Waals surface area (Å²) in [6, 6.07) is 22.9. The van der Waals surface area contributed by atoms with Crippen molar-refractivity contribution in [2.75, 3.05) is 6.61 Å². The summed E-state index contributed by atoms with van der Waals surface area (Å²) in [5, 5.41) is 6.46. The number of ether oxygens (including phenoxy) is 1. The molecule has 3 aromatic carbocycles. The molecule has 3 aromatic heterocycles. The first-order chi connectivity index (χ1) is 19.9. The van der Waals surface area contributed by atoms with Gasteiger partial charge in [0.05, 0.1) is 34.8 Å². The lowest BCUT2D eigenvalue weighted by Gasteiger charge is -2.18. The Balaban J connectivity index is 1.40. The molecule has 0 saturated heterocycles. The predicted molar refractivity (Wildman–Crippen MR) is 163 cm³/mol. The summed E-state index contributed by atoms with van der Waals surface area (Å²) in [7, 11) is 0. The summed E-state index contributed by atoms with van der Waals surface area (Å²) in [6.45, 7) is 8.77.